The topological polar surface area (TPSA) is 303 Å². The van der Waals surface area contributed by atoms with Gasteiger partial charge in [0.15, 0.2) is 5.40 Å². The molecule has 2 aliphatic rings. The third-order valence-electron chi connectivity index (χ3n) is 5.22. The molecule has 1 unspecified atom stereocenters. The van der Waals surface area contributed by atoms with E-state index in [1.165, 1.54) is 0 Å². The smallest absolute Gasteiger partial charge is 0.404 e. The minimum atomic E-state index is -5.10. The van der Waals surface area contributed by atoms with E-state index < -0.39 is 74.1 Å². The molecule has 200 valence electrons. The van der Waals surface area contributed by atoms with E-state index >= 15 is 0 Å². The van der Waals surface area contributed by atoms with Gasteiger partial charge in [0.1, 0.15) is 17.7 Å². The number of fused-ring (bicyclic) bond motifs is 1. The van der Waals surface area contributed by atoms with Gasteiger partial charge in [-0.25, -0.2) is 9.59 Å². The maximum absolute atomic E-state index is 12.9. The predicted octanol–water partition coefficient (Wildman–Crippen LogP) is -0.647. The number of nitrogens with two attached hydrogens (primary N) is 1. The average Bonchev–Trinajstić information content (AvgIpc) is 2.75. The van der Waals surface area contributed by atoms with Crippen molar-refractivity contribution < 1.29 is 57.7 Å². The molecule has 2 rings (SSSR count). The summed E-state index contributed by atoms with van der Waals surface area (Å²) in [6.07, 6.45) is -1.87. The standard InChI is InChI=1S/C15H22N6O12P2S/c16-14(26)33-5-7-6-36-13-15(19-20-17,12(25)21(13)9(7)10(22)23)11(24)18-4-2-1-3-8(34(27,28)29)35(30,31)32/h8,13H,1-6H2,(H2,16,26)(H,18,24)(H,22,23)(H2,27,28,29)(H2,30,31,32)/t13-,15?/m1/s1. The highest BCUT2D eigenvalue weighted by Gasteiger charge is 2.69. The van der Waals surface area contributed by atoms with Crippen molar-refractivity contribution in [1.29, 1.82) is 0 Å². The first-order valence-corrected chi connectivity index (χ1v) is 14.3. The quantitative estimate of drug-likeness (QED) is 0.0291. The summed E-state index contributed by atoms with van der Waals surface area (Å²) in [6, 6.07) is 0. The molecule has 8 N–H and O–H groups in total. The Bertz CT molecular complexity index is 1110. The van der Waals surface area contributed by atoms with E-state index in [-0.39, 0.29) is 30.7 Å². The predicted molar refractivity (Wildman–Crippen MR) is 120 cm³/mol. The second-order valence-corrected chi connectivity index (χ2v) is 12.6. The first-order chi connectivity index (χ1) is 16.6. The van der Waals surface area contributed by atoms with Crippen LogP contribution in [0.4, 0.5) is 4.79 Å². The largest absolute Gasteiger partial charge is 0.477 e. The molecule has 18 nitrogen and oxygen atoms in total. The number of carboxylic acids is 1. The molecule has 3 amide bonds. The minimum Gasteiger partial charge on any atom is -0.477 e. The minimum absolute atomic E-state index is 0.0147. The molecular formula is C15H22N6O12P2S. The SMILES string of the molecule is [N-]=[N+]=NC1(C(=O)NCCCCC(P(=O)(O)O)P(=O)(O)O)C(=O)N2C(C(=O)O)=C(COC(N)=O)CS[C@@H]21. The van der Waals surface area contributed by atoms with Crippen LogP contribution in [0.25, 0.3) is 10.4 Å². The molecule has 2 aliphatic heterocycles. The molecule has 0 aromatic rings. The van der Waals surface area contributed by atoms with E-state index in [2.05, 4.69) is 20.1 Å². The highest BCUT2D eigenvalue weighted by Crippen LogP contribution is 2.61. The van der Waals surface area contributed by atoms with Gasteiger partial charge >= 0.3 is 27.3 Å². The molecule has 2 atom stereocenters. The lowest BCUT2D eigenvalue weighted by Crippen LogP contribution is -2.77. The number of unbranched alkanes of at least 4 members (excludes halogenated alkanes) is 1. The normalized spacial score (nSPS) is 21.9. The highest BCUT2D eigenvalue weighted by atomic mass is 32.2. The zero-order valence-electron chi connectivity index (χ0n) is 18.2. The number of hydrogen-bond acceptors (Lipinski definition) is 9. The fraction of sp³-hybridized carbons (Fsp3) is 0.600. The van der Waals surface area contributed by atoms with Crippen LogP contribution in [0.2, 0.25) is 0 Å². The lowest BCUT2D eigenvalue weighted by molar-refractivity contribution is -0.160. The van der Waals surface area contributed by atoms with Gasteiger partial charge in [-0.05, 0) is 18.4 Å². The average molecular weight is 572 g/mol. The Morgan fingerprint density at radius 1 is 1.28 bits per heavy atom. The van der Waals surface area contributed by atoms with E-state index in [4.69, 9.17) is 30.8 Å². The van der Waals surface area contributed by atoms with E-state index in [1.807, 2.05) is 0 Å². The Morgan fingerprint density at radius 2 is 1.89 bits per heavy atom. The molecule has 1 fully saturated rings. The monoisotopic (exact) mass is 572 g/mol. The summed E-state index contributed by atoms with van der Waals surface area (Å²) in [6.45, 7) is -0.744. The van der Waals surface area contributed by atoms with Gasteiger partial charge in [-0.2, -0.15) is 0 Å². The van der Waals surface area contributed by atoms with Crippen molar-refractivity contribution in [1.82, 2.24) is 10.2 Å². The summed E-state index contributed by atoms with van der Waals surface area (Å²) >= 11 is 0.879. The summed E-state index contributed by atoms with van der Waals surface area (Å²) in [5.41, 5.74) is 11.0. The van der Waals surface area contributed by atoms with Gasteiger partial charge < -0.3 is 40.5 Å². The maximum Gasteiger partial charge on any atom is 0.404 e. The fourth-order valence-electron chi connectivity index (χ4n) is 3.61. The zero-order valence-corrected chi connectivity index (χ0v) is 20.8. The third-order valence-corrected chi connectivity index (χ3v) is 10.5. The van der Waals surface area contributed by atoms with Gasteiger partial charge in [0, 0.05) is 22.8 Å². The molecule has 1 saturated heterocycles. The molecule has 36 heavy (non-hydrogen) atoms. The van der Waals surface area contributed by atoms with Crippen molar-refractivity contribution in [3.63, 3.8) is 0 Å². The van der Waals surface area contributed by atoms with Gasteiger partial charge in [-0.1, -0.05) is 11.5 Å². The summed E-state index contributed by atoms with van der Waals surface area (Å²) < 4.78 is 27.2. The summed E-state index contributed by atoms with van der Waals surface area (Å²) in [7, 11) is -10.2. The van der Waals surface area contributed by atoms with Crippen LogP contribution in [0.1, 0.15) is 19.3 Å². The zero-order chi connectivity index (χ0) is 27.5. The Hall–Kier alpha value is -2.62. The summed E-state index contributed by atoms with van der Waals surface area (Å²) in [5, 5.41) is 11.8. The molecule has 0 aromatic heterocycles. The maximum atomic E-state index is 12.9. The van der Waals surface area contributed by atoms with Crippen LogP contribution >= 0.6 is 27.0 Å². The Kier molecular flexibility index (Phi) is 9.20. The number of nitrogens with one attached hydrogen (secondary N) is 1. The lowest BCUT2D eigenvalue weighted by atomic mass is 9.86. The molecule has 2 heterocycles. The number of thioether (sulfide) groups is 1. The van der Waals surface area contributed by atoms with Crippen LogP contribution in [-0.4, -0.2) is 88.7 Å². The first kappa shape index (κ1) is 29.6. The number of carbonyl (C=O) groups is 4. The van der Waals surface area contributed by atoms with Gasteiger partial charge in [0.05, 0.1) is 0 Å². The van der Waals surface area contributed by atoms with Crippen molar-refractivity contribution in [2.24, 2.45) is 10.8 Å². The van der Waals surface area contributed by atoms with Crippen molar-refractivity contribution in [3.05, 3.63) is 21.7 Å². The Labute approximate surface area is 206 Å². The number of azide groups is 1. The summed E-state index contributed by atoms with van der Waals surface area (Å²) in [4.78, 5) is 88.2. The number of carbonyl (C=O) groups excluding carboxylic acids is 3. The van der Waals surface area contributed by atoms with Crippen LogP contribution in [-0.2, 0) is 28.3 Å². The number of aliphatic carboxylic acids is 1. The van der Waals surface area contributed by atoms with Gasteiger partial charge in [0.2, 0.25) is 11.4 Å². The molecule has 0 aromatic carbocycles. The van der Waals surface area contributed by atoms with Gasteiger partial charge in [0.25, 0.3) is 5.91 Å². The van der Waals surface area contributed by atoms with Crippen LogP contribution in [0, 0.1) is 0 Å². The third kappa shape index (κ3) is 6.02. The molecule has 21 heteroatoms. The van der Waals surface area contributed by atoms with E-state index in [0.29, 0.717) is 0 Å². The van der Waals surface area contributed by atoms with Crippen LogP contribution in [0.5, 0.6) is 0 Å². The molecule has 0 radical (unpaired) electrons. The fourth-order valence-corrected chi connectivity index (χ4v) is 7.64. The number of hydrogen-bond donors (Lipinski definition) is 7. The molecule has 0 bridgehead atoms. The molecule has 0 spiro atoms. The van der Waals surface area contributed by atoms with Crippen molar-refractivity contribution in [2.45, 2.75) is 35.6 Å². The second-order valence-electron chi connectivity index (χ2n) is 7.57. The highest BCUT2D eigenvalue weighted by molar-refractivity contribution is 8.00. The number of β-lactam (4-membered cyclic amide) rings is 1. The Morgan fingerprint density at radius 3 is 2.39 bits per heavy atom. The van der Waals surface area contributed by atoms with Crippen molar-refractivity contribution in [3.8, 4) is 0 Å². The second kappa shape index (κ2) is 11.2. The number of primary amides is 1. The van der Waals surface area contributed by atoms with E-state index in [0.717, 1.165) is 16.7 Å². The number of rotatable bonds is 12. The van der Waals surface area contributed by atoms with Crippen LogP contribution in [0.15, 0.2) is 16.4 Å². The van der Waals surface area contributed by atoms with Crippen LogP contribution < -0.4 is 11.1 Å². The van der Waals surface area contributed by atoms with Crippen LogP contribution in [0.3, 0.4) is 0 Å². The lowest BCUT2D eigenvalue weighted by Gasteiger charge is -2.53. The van der Waals surface area contributed by atoms with E-state index in [9.17, 15) is 33.4 Å². The summed E-state index contributed by atoms with van der Waals surface area (Å²) in [5.74, 6) is -3.88. The number of amides is 3. The molecular weight excluding hydrogens is 550 g/mol. The Balaban J connectivity index is 2.12. The van der Waals surface area contributed by atoms with E-state index in [1.54, 1.807) is 0 Å². The van der Waals surface area contributed by atoms with Gasteiger partial charge in [-0.15, -0.1) is 11.8 Å². The van der Waals surface area contributed by atoms with Crippen molar-refractivity contribution in [2.75, 3.05) is 18.9 Å². The van der Waals surface area contributed by atoms with Crippen molar-refractivity contribution >= 4 is 50.8 Å². The first-order valence-electron chi connectivity index (χ1n) is 9.86. The number of ether oxygens (including phenoxy) is 1. The molecule has 0 saturated carbocycles. The van der Waals surface area contributed by atoms with Gasteiger partial charge in [-0.3, -0.25) is 23.6 Å². The molecule has 0 aliphatic carbocycles. The number of carboxylic acid groups (broad SMARTS) is 1. The number of nitrogens with zero attached hydrogens (tertiary/aromatic N) is 4.